The summed E-state index contributed by atoms with van der Waals surface area (Å²) < 4.78 is 5.67. The Morgan fingerprint density at radius 3 is 3.00 bits per heavy atom. The number of pyridine rings is 1. The van der Waals surface area contributed by atoms with Crippen LogP contribution in [0.2, 0.25) is 0 Å². The normalized spacial score (nSPS) is 24.8. The molecule has 1 aliphatic rings. The van der Waals surface area contributed by atoms with Gasteiger partial charge in [-0.3, -0.25) is 4.98 Å². The van der Waals surface area contributed by atoms with Crippen molar-refractivity contribution in [3.63, 3.8) is 0 Å². The lowest BCUT2D eigenvalue weighted by Crippen LogP contribution is -2.27. The van der Waals surface area contributed by atoms with Crippen molar-refractivity contribution >= 4 is 0 Å². The summed E-state index contributed by atoms with van der Waals surface area (Å²) in [6.45, 7) is 5.11. The fourth-order valence-corrected chi connectivity index (χ4v) is 2.28. The van der Waals surface area contributed by atoms with Crippen LogP contribution in [0, 0.1) is 5.92 Å². The van der Waals surface area contributed by atoms with Crippen molar-refractivity contribution in [2.75, 3.05) is 13.2 Å². The molecule has 16 heavy (non-hydrogen) atoms. The Bertz CT molecular complexity index is 302. The Balaban J connectivity index is 1.72. The molecule has 2 atom stereocenters. The summed E-state index contributed by atoms with van der Waals surface area (Å²) in [6, 6.07) is 4.10. The first-order valence-electron chi connectivity index (χ1n) is 6.11. The highest BCUT2D eigenvalue weighted by Crippen LogP contribution is 2.22. The number of rotatable bonds is 5. The van der Waals surface area contributed by atoms with E-state index in [2.05, 4.69) is 29.4 Å². The van der Waals surface area contributed by atoms with Crippen molar-refractivity contribution in [2.45, 2.75) is 32.4 Å². The van der Waals surface area contributed by atoms with Gasteiger partial charge in [0.1, 0.15) is 0 Å². The summed E-state index contributed by atoms with van der Waals surface area (Å²) in [5.41, 5.74) is 1.29. The molecule has 0 amide bonds. The average Bonchev–Trinajstić information content (AvgIpc) is 2.78. The topological polar surface area (TPSA) is 34.1 Å². The van der Waals surface area contributed by atoms with Crippen molar-refractivity contribution in [3.8, 4) is 0 Å². The van der Waals surface area contributed by atoms with Gasteiger partial charge in [-0.1, -0.05) is 6.92 Å². The van der Waals surface area contributed by atoms with Gasteiger partial charge in [-0.15, -0.1) is 0 Å². The first kappa shape index (κ1) is 11.6. The van der Waals surface area contributed by atoms with Crippen molar-refractivity contribution in [1.82, 2.24) is 10.3 Å². The van der Waals surface area contributed by atoms with Crippen LogP contribution in [0.15, 0.2) is 24.5 Å². The van der Waals surface area contributed by atoms with Gasteiger partial charge in [-0.2, -0.15) is 0 Å². The fourth-order valence-electron chi connectivity index (χ4n) is 2.28. The zero-order valence-electron chi connectivity index (χ0n) is 9.86. The Hall–Kier alpha value is -0.930. The van der Waals surface area contributed by atoms with Crippen molar-refractivity contribution < 1.29 is 4.74 Å². The molecule has 3 heteroatoms. The number of ether oxygens (including phenoxy) is 1. The maximum atomic E-state index is 5.67. The fraction of sp³-hybridized carbons (Fsp3) is 0.615. The molecule has 0 saturated carbocycles. The lowest BCUT2D eigenvalue weighted by atomic mass is 10.00. The lowest BCUT2D eigenvalue weighted by molar-refractivity contribution is 0.0872. The molecule has 2 unspecified atom stereocenters. The first-order chi connectivity index (χ1) is 7.90. The van der Waals surface area contributed by atoms with Crippen LogP contribution in [0.3, 0.4) is 0 Å². The van der Waals surface area contributed by atoms with Crippen LogP contribution < -0.4 is 5.32 Å². The van der Waals surface area contributed by atoms with Gasteiger partial charge in [0.25, 0.3) is 0 Å². The average molecular weight is 220 g/mol. The van der Waals surface area contributed by atoms with E-state index in [1.54, 1.807) is 0 Å². The molecule has 1 aromatic heterocycles. The number of hydrogen-bond acceptors (Lipinski definition) is 3. The second-order valence-electron chi connectivity index (χ2n) is 4.35. The molecule has 2 heterocycles. The Labute approximate surface area is 97.2 Å². The van der Waals surface area contributed by atoms with E-state index in [1.807, 2.05) is 12.4 Å². The van der Waals surface area contributed by atoms with Crippen LogP contribution in [0.5, 0.6) is 0 Å². The van der Waals surface area contributed by atoms with Gasteiger partial charge < -0.3 is 10.1 Å². The van der Waals surface area contributed by atoms with Crippen molar-refractivity contribution in [1.29, 1.82) is 0 Å². The summed E-state index contributed by atoms with van der Waals surface area (Å²) in [4.78, 5) is 4.01. The van der Waals surface area contributed by atoms with Crippen LogP contribution in [0.4, 0.5) is 0 Å². The highest BCUT2D eigenvalue weighted by molar-refractivity contribution is 5.08. The van der Waals surface area contributed by atoms with Crippen LogP contribution in [-0.2, 0) is 11.3 Å². The van der Waals surface area contributed by atoms with Gasteiger partial charge >= 0.3 is 0 Å². The molecule has 1 fully saturated rings. The Morgan fingerprint density at radius 1 is 1.44 bits per heavy atom. The maximum absolute atomic E-state index is 5.67. The molecule has 0 radical (unpaired) electrons. The van der Waals surface area contributed by atoms with E-state index in [1.165, 1.54) is 12.0 Å². The summed E-state index contributed by atoms with van der Waals surface area (Å²) in [6.07, 6.45) is 6.46. The van der Waals surface area contributed by atoms with Gasteiger partial charge in [0.15, 0.2) is 0 Å². The molecule has 1 aromatic rings. The number of aromatic nitrogens is 1. The number of nitrogens with zero attached hydrogens (tertiary/aromatic N) is 1. The minimum absolute atomic E-state index is 0.463. The van der Waals surface area contributed by atoms with Crippen LogP contribution in [0.1, 0.15) is 25.3 Å². The van der Waals surface area contributed by atoms with Gasteiger partial charge in [-0.05, 0) is 36.5 Å². The molecule has 1 N–H and O–H groups in total. The molecule has 0 spiro atoms. The van der Waals surface area contributed by atoms with E-state index in [-0.39, 0.29) is 0 Å². The summed E-state index contributed by atoms with van der Waals surface area (Å²) in [7, 11) is 0. The second kappa shape index (κ2) is 5.97. The third-order valence-corrected chi connectivity index (χ3v) is 3.23. The lowest BCUT2D eigenvalue weighted by Gasteiger charge is -2.17. The molecule has 0 aromatic carbocycles. The summed E-state index contributed by atoms with van der Waals surface area (Å²) >= 11 is 0. The highest BCUT2D eigenvalue weighted by atomic mass is 16.5. The first-order valence-corrected chi connectivity index (χ1v) is 6.11. The van der Waals surface area contributed by atoms with Gasteiger partial charge in [-0.25, -0.2) is 0 Å². The van der Waals surface area contributed by atoms with Crippen molar-refractivity contribution in [2.24, 2.45) is 5.92 Å². The summed E-state index contributed by atoms with van der Waals surface area (Å²) in [5.74, 6) is 0.687. The molecule has 0 bridgehead atoms. The van der Waals surface area contributed by atoms with E-state index in [9.17, 15) is 0 Å². The van der Waals surface area contributed by atoms with Gasteiger partial charge in [0.2, 0.25) is 0 Å². The molecule has 1 saturated heterocycles. The van der Waals surface area contributed by atoms with E-state index in [0.717, 1.165) is 26.1 Å². The van der Waals surface area contributed by atoms with E-state index in [0.29, 0.717) is 12.0 Å². The molecule has 3 nitrogen and oxygen atoms in total. The van der Waals surface area contributed by atoms with Crippen molar-refractivity contribution in [3.05, 3.63) is 30.1 Å². The molecule has 1 aliphatic heterocycles. The molecule has 2 rings (SSSR count). The minimum atomic E-state index is 0.463. The Kier molecular flexibility index (Phi) is 4.31. The SMILES string of the molecule is CCC1OCCC1CNCc1ccncc1. The van der Waals surface area contributed by atoms with E-state index in [4.69, 9.17) is 4.74 Å². The molecule has 0 aliphatic carbocycles. The highest BCUT2D eigenvalue weighted by Gasteiger charge is 2.25. The van der Waals surface area contributed by atoms with Crippen LogP contribution in [0.25, 0.3) is 0 Å². The largest absolute Gasteiger partial charge is 0.378 e. The Morgan fingerprint density at radius 2 is 2.25 bits per heavy atom. The van der Waals surface area contributed by atoms with E-state index >= 15 is 0 Å². The van der Waals surface area contributed by atoms with Crippen LogP contribution in [-0.4, -0.2) is 24.2 Å². The maximum Gasteiger partial charge on any atom is 0.0613 e. The predicted molar refractivity (Wildman–Crippen MR) is 64.1 cm³/mol. The zero-order valence-corrected chi connectivity index (χ0v) is 9.86. The van der Waals surface area contributed by atoms with Gasteiger partial charge in [0.05, 0.1) is 6.10 Å². The minimum Gasteiger partial charge on any atom is -0.378 e. The monoisotopic (exact) mass is 220 g/mol. The second-order valence-corrected chi connectivity index (χ2v) is 4.35. The third-order valence-electron chi connectivity index (χ3n) is 3.23. The zero-order chi connectivity index (χ0) is 11.2. The third kappa shape index (κ3) is 3.03. The summed E-state index contributed by atoms with van der Waals surface area (Å²) in [5, 5.41) is 3.50. The molecule has 88 valence electrons. The molecular formula is C13H20N2O. The molecular weight excluding hydrogens is 200 g/mol. The number of nitrogens with one attached hydrogen (secondary N) is 1. The number of hydrogen-bond donors (Lipinski definition) is 1. The van der Waals surface area contributed by atoms with Gasteiger partial charge in [0, 0.05) is 32.1 Å². The predicted octanol–water partition coefficient (Wildman–Crippen LogP) is 1.99. The smallest absolute Gasteiger partial charge is 0.0613 e. The quantitative estimate of drug-likeness (QED) is 0.824. The standard InChI is InChI=1S/C13H20N2O/c1-2-13-12(5-8-16-13)10-15-9-11-3-6-14-7-4-11/h3-4,6-7,12-13,15H,2,5,8-10H2,1H3. The van der Waals surface area contributed by atoms with Crippen LogP contribution >= 0.6 is 0 Å². The van der Waals surface area contributed by atoms with E-state index < -0.39 is 0 Å².